The SMILES string of the molecule is CC(COCC(=O)[O-])OCC(C)OCC(C)OCC(C)OCC(C)OCC(C)OCC(C)OCC(C)OCC(C)OCC(C)OCC(C)OCC(C)OCC(C)OCC(C)OCC(=O)[O-].[Na+].[Na+]. The van der Waals surface area contributed by atoms with Crippen LogP contribution in [-0.4, -0.2) is 203 Å². The van der Waals surface area contributed by atoms with Crippen molar-refractivity contribution in [3.05, 3.63) is 0 Å². The molecule has 0 saturated carbocycles. The van der Waals surface area contributed by atoms with Crippen LogP contribution in [0.15, 0.2) is 0 Å². The largest absolute Gasteiger partial charge is 1.00 e. The molecule has 0 fully saturated rings. The van der Waals surface area contributed by atoms with Gasteiger partial charge in [0, 0.05) is 0 Å². The minimum absolute atomic E-state index is 0. The molecule has 67 heavy (non-hydrogen) atoms. The molecule has 0 aromatic rings. The molecule has 388 valence electrons. The van der Waals surface area contributed by atoms with Crippen molar-refractivity contribution in [3.8, 4) is 0 Å². The van der Waals surface area contributed by atoms with Gasteiger partial charge < -0.3 is 90.9 Å². The molecule has 0 amide bonds. The summed E-state index contributed by atoms with van der Waals surface area (Å²) in [6.07, 6.45) is -2.31. The van der Waals surface area contributed by atoms with Crippen molar-refractivity contribution < 1.29 is 150 Å². The molecule has 0 bridgehead atoms. The summed E-state index contributed by atoms with van der Waals surface area (Å²) in [5, 5.41) is 20.9. The van der Waals surface area contributed by atoms with Crippen LogP contribution in [0.25, 0.3) is 0 Å². The standard InChI is InChI=1S/C46H90O19.2Na/c1-31(15-51-29-45(47)48)52-16-32(2)53-17-33(3)54-18-34(4)55-19-35(5)56-20-36(6)57-21-37(7)58-22-38(8)59-23-39(9)60-24-40(10)61-25-41(11)62-26-42(12)63-27-43(13)64-28-44(14)65-30-46(49)50;;/h31-44H,15-30H2,1-14H3,(H,47,48)(H,49,50);;/q;2*+1/p-2. The summed E-state index contributed by atoms with van der Waals surface area (Å²) in [6.45, 7) is 31.1. The fourth-order valence-electron chi connectivity index (χ4n) is 5.09. The minimum Gasteiger partial charge on any atom is -0.548 e. The number of ether oxygens (including phenoxy) is 15. The van der Waals surface area contributed by atoms with Gasteiger partial charge in [-0.3, -0.25) is 0 Å². The summed E-state index contributed by atoms with van der Waals surface area (Å²) in [6, 6.07) is 0. The predicted molar refractivity (Wildman–Crippen MR) is 237 cm³/mol. The van der Waals surface area contributed by atoms with E-state index in [1.807, 2.05) is 83.1 Å². The fourth-order valence-corrected chi connectivity index (χ4v) is 5.09. The van der Waals surface area contributed by atoms with Gasteiger partial charge >= 0.3 is 59.1 Å². The summed E-state index contributed by atoms with van der Waals surface area (Å²) in [4.78, 5) is 20.9. The van der Waals surface area contributed by atoms with Crippen molar-refractivity contribution in [1.82, 2.24) is 0 Å². The van der Waals surface area contributed by atoms with Gasteiger partial charge in [-0.05, 0) is 96.9 Å². The predicted octanol–water partition coefficient (Wildman–Crippen LogP) is -3.82. The van der Waals surface area contributed by atoms with Crippen LogP contribution in [0.1, 0.15) is 96.9 Å². The van der Waals surface area contributed by atoms with Gasteiger partial charge in [-0.2, -0.15) is 0 Å². The van der Waals surface area contributed by atoms with Crippen LogP contribution in [0.3, 0.4) is 0 Å². The molecule has 21 heteroatoms. The van der Waals surface area contributed by atoms with Gasteiger partial charge in [0.05, 0.1) is 203 Å². The first-order valence-corrected chi connectivity index (χ1v) is 23.2. The van der Waals surface area contributed by atoms with E-state index in [0.717, 1.165) is 0 Å². The van der Waals surface area contributed by atoms with Crippen LogP contribution in [0.4, 0.5) is 0 Å². The molecule has 0 saturated heterocycles. The Kier molecular flexibility index (Phi) is 48.1. The first kappa shape index (κ1) is 71.6. The average molecular weight is 991 g/mol. The third kappa shape index (κ3) is 47.1. The van der Waals surface area contributed by atoms with Gasteiger partial charge in [0.2, 0.25) is 0 Å². The van der Waals surface area contributed by atoms with Gasteiger partial charge in [-0.25, -0.2) is 0 Å². The van der Waals surface area contributed by atoms with E-state index in [-0.39, 0.29) is 158 Å². The van der Waals surface area contributed by atoms with Crippen molar-refractivity contribution in [2.24, 2.45) is 0 Å². The number of aliphatic carboxylic acids is 2. The minimum atomic E-state index is -1.26. The number of carboxylic acid groups (broad SMARTS) is 2. The molecule has 0 rings (SSSR count). The molecule has 19 nitrogen and oxygen atoms in total. The molecule has 0 aliphatic heterocycles. The van der Waals surface area contributed by atoms with Crippen molar-refractivity contribution in [3.63, 3.8) is 0 Å². The first-order chi connectivity index (χ1) is 30.6. The maximum atomic E-state index is 10.5. The molecule has 0 aliphatic carbocycles. The topological polar surface area (TPSA) is 219 Å². The Hall–Kier alpha value is 0.340. The van der Waals surface area contributed by atoms with E-state index in [1.165, 1.54) is 0 Å². The zero-order chi connectivity index (χ0) is 49.2. The summed E-state index contributed by atoms with van der Waals surface area (Å²) < 4.78 is 86.4. The van der Waals surface area contributed by atoms with Crippen LogP contribution < -0.4 is 69.3 Å². The Morgan fingerprint density at radius 2 is 0.388 bits per heavy atom. The Morgan fingerprint density at radius 3 is 0.537 bits per heavy atom. The summed E-state index contributed by atoms with van der Waals surface area (Å²) >= 11 is 0. The molecule has 0 N–H and O–H groups in total. The normalized spacial score (nSPS) is 18.1. The van der Waals surface area contributed by atoms with Gasteiger partial charge in [0.15, 0.2) is 0 Å². The van der Waals surface area contributed by atoms with E-state index in [0.29, 0.717) is 79.3 Å². The fraction of sp³-hybridized carbons (Fsp3) is 0.957. The second-order valence-corrected chi connectivity index (χ2v) is 17.3. The Balaban J connectivity index is -0.0000205. The van der Waals surface area contributed by atoms with Crippen molar-refractivity contribution in [2.45, 2.75) is 182 Å². The van der Waals surface area contributed by atoms with Gasteiger partial charge in [-0.15, -0.1) is 0 Å². The second-order valence-electron chi connectivity index (χ2n) is 17.3. The molecule has 14 atom stereocenters. The Bertz CT molecular complexity index is 1150. The molecule has 0 heterocycles. The average Bonchev–Trinajstić information content (AvgIpc) is 3.26. The van der Waals surface area contributed by atoms with Crippen molar-refractivity contribution in [2.75, 3.05) is 106 Å². The molecule has 0 spiro atoms. The van der Waals surface area contributed by atoms with Crippen LogP contribution >= 0.6 is 0 Å². The summed E-state index contributed by atoms with van der Waals surface area (Å²) in [5.41, 5.74) is 0. The molecular formula is C46H88Na2O19. The number of carbonyl (C=O) groups excluding carboxylic acids is 2. The van der Waals surface area contributed by atoms with E-state index in [9.17, 15) is 19.8 Å². The Morgan fingerprint density at radius 1 is 0.254 bits per heavy atom. The molecule has 0 aromatic heterocycles. The van der Waals surface area contributed by atoms with E-state index >= 15 is 0 Å². The van der Waals surface area contributed by atoms with Gasteiger partial charge in [0.25, 0.3) is 0 Å². The van der Waals surface area contributed by atoms with E-state index in [2.05, 4.69) is 0 Å². The number of hydrogen-bond donors (Lipinski definition) is 0. The first-order valence-electron chi connectivity index (χ1n) is 23.2. The zero-order valence-electron chi connectivity index (χ0n) is 44.2. The van der Waals surface area contributed by atoms with E-state index < -0.39 is 25.2 Å². The van der Waals surface area contributed by atoms with Crippen LogP contribution in [0, 0.1) is 0 Å². The van der Waals surface area contributed by atoms with E-state index in [4.69, 9.17) is 71.1 Å². The monoisotopic (exact) mass is 991 g/mol. The van der Waals surface area contributed by atoms with Crippen LogP contribution in [-0.2, 0) is 80.6 Å². The maximum Gasteiger partial charge on any atom is 1.00 e. The Labute approximate surface area is 447 Å². The molecule has 0 radical (unpaired) electrons. The van der Waals surface area contributed by atoms with Crippen LogP contribution in [0.2, 0.25) is 0 Å². The van der Waals surface area contributed by atoms with E-state index in [1.54, 1.807) is 13.8 Å². The third-order valence-electron chi connectivity index (χ3n) is 9.06. The number of hydrogen-bond acceptors (Lipinski definition) is 19. The summed E-state index contributed by atoms with van der Waals surface area (Å²) in [5.74, 6) is -2.52. The second kappa shape index (κ2) is 45.0. The smallest absolute Gasteiger partial charge is 0.548 e. The number of carboxylic acids is 2. The maximum absolute atomic E-state index is 10.5. The van der Waals surface area contributed by atoms with Gasteiger partial charge in [0.1, 0.15) is 0 Å². The molecule has 0 aliphatic rings. The quantitative estimate of drug-likeness (QED) is 0.0534. The third-order valence-corrected chi connectivity index (χ3v) is 9.06. The summed E-state index contributed by atoms with van der Waals surface area (Å²) in [7, 11) is 0. The van der Waals surface area contributed by atoms with Crippen molar-refractivity contribution in [1.29, 1.82) is 0 Å². The number of rotatable bonds is 46. The van der Waals surface area contributed by atoms with Crippen LogP contribution in [0.5, 0.6) is 0 Å². The van der Waals surface area contributed by atoms with Gasteiger partial charge in [-0.1, -0.05) is 0 Å². The zero-order valence-corrected chi connectivity index (χ0v) is 48.2. The number of carbonyl (C=O) groups is 2. The van der Waals surface area contributed by atoms with Crippen molar-refractivity contribution >= 4 is 11.9 Å². The molecule has 14 unspecified atom stereocenters. The molecular weight excluding hydrogens is 902 g/mol. The molecule has 0 aromatic carbocycles.